The lowest BCUT2D eigenvalue weighted by atomic mass is 9.99. The molecule has 0 saturated heterocycles. The molecule has 0 fully saturated rings. The van der Waals surface area contributed by atoms with Crippen LogP contribution in [0.2, 0.25) is 0 Å². The van der Waals surface area contributed by atoms with Crippen LogP contribution in [-0.4, -0.2) is 25.7 Å². The predicted octanol–water partition coefficient (Wildman–Crippen LogP) is 5.31. The summed E-state index contributed by atoms with van der Waals surface area (Å²) < 4.78 is 2.04. The zero-order valence-corrected chi connectivity index (χ0v) is 17.3. The number of fused-ring (bicyclic) bond motifs is 2. The van der Waals surface area contributed by atoms with Gasteiger partial charge in [-0.2, -0.15) is 9.61 Å². The second-order valence-corrected chi connectivity index (χ2v) is 8.09. The molecule has 3 aromatic rings. The smallest absolute Gasteiger partial charge is 0.165 e. The van der Waals surface area contributed by atoms with Gasteiger partial charge < -0.3 is 10.4 Å². The standard InChI is InChI=1S/C23H30N4O/c1-5-16(6-2)24-22-18-8-7-9-19(18)25-23-20(15-10-12-17(28)13-11-15)21(14(3)4)26-27(22)23/h10-14,16,24,28H,5-9H2,1-4H3. The van der Waals surface area contributed by atoms with Crippen molar-refractivity contribution in [3.05, 3.63) is 41.2 Å². The Morgan fingerprint density at radius 1 is 1.11 bits per heavy atom. The van der Waals surface area contributed by atoms with Crippen LogP contribution in [0.3, 0.4) is 0 Å². The normalized spacial score (nSPS) is 13.6. The van der Waals surface area contributed by atoms with Gasteiger partial charge in [-0.1, -0.05) is 39.8 Å². The number of anilines is 1. The summed E-state index contributed by atoms with van der Waals surface area (Å²) in [4.78, 5) is 5.08. The maximum atomic E-state index is 9.72. The van der Waals surface area contributed by atoms with Crippen LogP contribution in [0.15, 0.2) is 24.3 Å². The van der Waals surface area contributed by atoms with Gasteiger partial charge in [0.25, 0.3) is 0 Å². The first-order chi connectivity index (χ1) is 13.5. The summed E-state index contributed by atoms with van der Waals surface area (Å²) in [6, 6.07) is 7.82. The number of nitrogens with zero attached hydrogens (tertiary/aromatic N) is 3. The Morgan fingerprint density at radius 2 is 1.82 bits per heavy atom. The van der Waals surface area contributed by atoms with Crippen LogP contribution in [0.25, 0.3) is 16.8 Å². The highest BCUT2D eigenvalue weighted by molar-refractivity contribution is 5.82. The summed E-state index contributed by atoms with van der Waals surface area (Å²) in [5.41, 5.74) is 6.64. The van der Waals surface area contributed by atoms with Gasteiger partial charge in [0.05, 0.1) is 11.3 Å². The highest BCUT2D eigenvalue weighted by atomic mass is 16.3. The van der Waals surface area contributed by atoms with Gasteiger partial charge in [-0.05, 0) is 55.7 Å². The minimum atomic E-state index is 0.274. The van der Waals surface area contributed by atoms with Crippen molar-refractivity contribution in [2.75, 3.05) is 5.32 Å². The van der Waals surface area contributed by atoms with Gasteiger partial charge in [-0.3, -0.25) is 0 Å². The third-order valence-corrected chi connectivity index (χ3v) is 5.84. The van der Waals surface area contributed by atoms with E-state index in [9.17, 15) is 5.11 Å². The maximum Gasteiger partial charge on any atom is 0.165 e. The molecule has 4 rings (SSSR count). The lowest BCUT2D eigenvalue weighted by Crippen LogP contribution is -2.21. The number of benzene rings is 1. The van der Waals surface area contributed by atoms with E-state index in [-0.39, 0.29) is 11.7 Å². The molecule has 0 atom stereocenters. The number of hydrogen-bond acceptors (Lipinski definition) is 4. The minimum absolute atomic E-state index is 0.274. The van der Waals surface area contributed by atoms with Crippen molar-refractivity contribution in [3.8, 4) is 16.9 Å². The van der Waals surface area contributed by atoms with Gasteiger partial charge in [0, 0.05) is 17.3 Å². The van der Waals surface area contributed by atoms with Crippen LogP contribution >= 0.6 is 0 Å². The summed E-state index contributed by atoms with van der Waals surface area (Å²) >= 11 is 0. The van der Waals surface area contributed by atoms with Gasteiger partial charge in [-0.25, -0.2) is 4.98 Å². The molecule has 148 valence electrons. The van der Waals surface area contributed by atoms with E-state index in [1.165, 1.54) is 11.3 Å². The van der Waals surface area contributed by atoms with Gasteiger partial charge in [0.15, 0.2) is 5.65 Å². The van der Waals surface area contributed by atoms with Crippen molar-refractivity contribution in [3.63, 3.8) is 0 Å². The first-order valence-electron chi connectivity index (χ1n) is 10.5. The van der Waals surface area contributed by atoms with Crippen LogP contribution < -0.4 is 5.32 Å². The molecule has 2 heterocycles. The molecule has 0 saturated carbocycles. The Balaban J connectivity index is 1.99. The monoisotopic (exact) mass is 378 g/mol. The van der Waals surface area contributed by atoms with Crippen molar-refractivity contribution in [2.45, 2.75) is 71.8 Å². The Kier molecular flexibility index (Phi) is 5.00. The average molecular weight is 379 g/mol. The van der Waals surface area contributed by atoms with E-state index in [0.29, 0.717) is 6.04 Å². The molecule has 28 heavy (non-hydrogen) atoms. The van der Waals surface area contributed by atoms with Gasteiger partial charge in [0.2, 0.25) is 0 Å². The summed E-state index contributed by atoms with van der Waals surface area (Å²) in [5.74, 6) is 1.68. The largest absolute Gasteiger partial charge is 0.508 e. The second-order valence-electron chi connectivity index (χ2n) is 8.09. The number of rotatable bonds is 6. The second kappa shape index (κ2) is 7.46. The molecule has 1 aliphatic carbocycles. The molecular weight excluding hydrogens is 348 g/mol. The fraction of sp³-hybridized carbons (Fsp3) is 0.478. The molecule has 1 aliphatic rings. The van der Waals surface area contributed by atoms with E-state index in [1.54, 1.807) is 12.1 Å². The zero-order chi connectivity index (χ0) is 19.8. The molecular formula is C23H30N4O. The lowest BCUT2D eigenvalue weighted by molar-refractivity contribution is 0.475. The SMILES string of the molecule is CCC(CC)Nc1c2c(nc3c(-c4ccc(O)cc4)c(C(C)C)nn13)CCC2. The highest BCUT2D eigenvalue weighted by Crippen LogP contribution is 2.37. The van der Waals surface area contributed by atoms with Crippen LogP contribution in [0.5, 0.6) is 5.75 Å². The van der Waals surface area contributed by atoms with Crippen molar-refractivity contribution in [2.24, 2.45) is 0 Å². The van der Waals surface area contributed by atoms with E-state index >= 15 is 0 Å². The number of phenols is 1. The molecule has 0 unspecified atom stereocenters. The van der Waals surface area contributed by atoms with Gasteiger partial charge in [-0.15, -0.1) is 0 Å². The van der Waals surface area contributed by atoms with Crippen LogP contribution in [0.4, 0.5) is 5.82 Å². The molecule has 0 spiro atoms. The van der Waals surface area contributed by atoms with E-state index in [4.69, 9.17) is 10.1 Å². The van der Waals surface area contributed by atoms with Crippen molar-refractivity contribution in [1.29, 1.82) is 0 Å². The number of phenolic OH excluding ortho intramolecular Hbond substituents is 1. The number of hydrogen-bond donors (Lipinski definition) is 2. The maximum absolute atomic E-state index is 9.72. The van der Waals surface area contributed by atoms with Gasteiger partial charge >= 0.3 is 0 Å². The Morgan fingerprint density at radius 3 is 2.46 bits per heavy atom. The third-order valence-electron chi connectivity index (χ3n) is 5.84. The van der Waals surface area contributed by atoms with Crippen molar-refractivity contribution in [1.82, 2.24) is 14.6 Å². The third kappa shape index (κ3) is 3.13. The number of aromatic hydroxyl groups is 1. The molecule has 0 bridgehead atoms. The first kappa shape index (κ1) is 18.8. The summed E-state index contributed by atoms with van der Waals surface area (Å²) in [7, 11) is 0. The van der Waals surface area contributed by atoms with Crippen LogP contribution in [-0.2, 0) is 12.8 Å². The fourth-order valence-corrected chi connectivity index (χ4v) is 4.19. The summed E-state index contributed by atoms with van der Waals surface area (Å²) in [6.07, 6.45) is 5.40. The number of aromatic nitrogens is 3. The number of aryl methyl sites for hydroxylation is 1. The molecule has 2 N–H and O–H groups in total. The van der Waals surface area contributed by atoms with E-state index < -0.39 is 0 Å². The molecule has 0 radical (unpaired) electrons. The first-order valence-corrected chi connectivity index (χ1v) is 10.5. The minimum Gasteiger partial charge on any atom is -0.508 e. The molecule has 5 nitrogen and oxygen atoms in total. The molecule has 0 amide bonds. The van der Waals surface area contributed by atoms with Crippen LogP contribution in [0, 0.1) is 0 Å². The molecule has 0 aliphatic heterocycles. The summed E-state index contributed by atoms with van der Waals surface area (Å²) in [5, 5.41) is 18.5. The van der Waals surface area contributed by atoms with E-state index in [0.717, 1.165) is 60.4 Å². The van der Waals surface area contributed by atoms with Crippen molar-refractivity contribution < 1.29 is 5.11 Å². The molecule has 5 heteroatoms. The Bertz CT molecular complexity index is 984. The fourth-order valence-electron chi connectivity index (χ4n) is 4.19. The topological polar surface area (TPSA) is 62.5 Å². The quantitative estimate of drug-likeness (QED) is 0.610. The van der Waals surface area contributed by atoms with E-state index in [2.05, 4.69) is 33.0 Å². The summed E-state index contributed by atoms with van der Waals surface area (Å²) in [6.45, 7) is 8.80. The highest BCUT2D eigenvalue weighted by Gasteiger charge is 2.26. The Hall–Kier alpha value is -2.56. The van der Waals surface area contributed by atoms with Crippen LogP contribution in [0.1, 0.15) is 69.8 Å². The Labute approximate surface area is 166 Å². The zero-order valence-electron chi connectivity index (χ0n) is 17.3. The van der Waals surface area contributed by atoms with E-state index in [1.807, 2.05) is 16.6 Å². The predicted molar refractivity (Wildman–Crippen MR) is 114 cm³/mol. The van der Waals surface area contributed by atoms with Gasteiger partial charge in [0.1, 0.15) is 11.6 Å². The molecule has 2 aromatic heterocycles. The average Bonchev–Trinajstić information content (AvgIpc) is 3.30. The number of nitrogens with one attached hydrogen (secondary N) is 1. The molecule has 1 aromatic carbocycles. The van der Waals surface area contributed by atoms with Crippen molar-refractivity contribution >= 4 is 11.5 Å². The lowest BCUT2D eigenvalue weighted by Gasteiger charge is -2.19.